The highest BCUT2D eigenvalue weighted by Crippen LogP contribution is 2.36. The number of likely N-dealkylation sites (tertiary alicyclic amines) is 1. The molecule has 2 atom stereocenters. The fourth-order valence-electron chi connectivity index (χ4n) is 4.53. The van der Waals surface area contributed by atoms with Crippen molar-refractivity contribution in [1.82, 2.24) is 14.8 Å². The van der Waals surface area contributed by atoms with Crippen LogP contribution in [0.4, 0.5) is 17.6 Å². The van der Waals surface area contributed by atoms with Crippen molar-refractivity contribution in [2.24, 2.45) is 0 Å². The lowest BCUT2D eigenvalue weighted by Gasteiger charge is -2.29. The third-order valence-corrected chi connectivity index (χ3v) is 7.15. The van der Waals surface area contributed by atoms with Gasteiger partial charge >= 0.3 is 6.18 Å². The highest BCUT2D eigenvalue weighted by molar-refractivity contribution is 6.42. The van der Waals surface area contributed by atoms with E-state index in [2.05, 4.69) is 4.98 Å². The van der Waals surface area contributed by atoms with E-state index >= 15 is 0 Å². The van der Waals surface area contributed by atoms with E-state index in [9.17, 15) is 22.4 Å². The summed E-state index contributed by atoms with van der Waals surface area (Å²) in [6.07, 6.45) is -3.43. The largest absolute Gasteiger partial charge is 0.419 e. The predicted molar refractivity (Wildman–Crippen MR) is 131 cm³/mol. The van der Waals surface area contributed by atoms with Gasteiger partial charge < -0.3 is 4.90 Å². The molecule has 11 heteroatoms. The number of likely N-dealkylation sites (N-methyl/N-ethyl adjacent to an activating group) is 1. The van der Waals surface area contributed by atoms with Gasteiger partial charge in [0.15, 0.2) is 0 Å². The Morgan fingerprint density at radius 3 is 2.49 bits per heavy atom. The minimum Gasteiger partial charge on any atom is -0.336 e. The van der Waals surface area contributed by atoms with E-state index in [1.165, 1.54) is 24.4 Å². The number of carbonyl (C=O) groups is 1. The zero-order valence-electron chi connectivity index (χ0n) is 19.4. The number of benzene rings is 2. The molecule has 0 saturated carbocycles. The molecule has 5 nitrogen and oxygen atoms in total. The average molecular weight is 551 g/mol. The third kappa shape index (κ3) is 5.87. The highest BCUT2D eigenvalue weighted by atomic mass is 35.5. The van der Waals surface area contributed by atoms with Gasteiger partial charge in [0.1, 0.15) is 17.6 Å². The minimum atomic E-state index is -4.78. The molecular weight excluding hydrogens is 531 g/mol. The minimum absolute atomic E-state index is 0.151. The molecule has 0 radical (unpaired) electrons. The summed E-state index contributed by atoms with van der Waals surface area (Å²) in [7, 11) is 1.77. The van der Waals surface area contributed by atoms with Gasteiger partial charge in [-0.2, -0.15) is 18.4 Å². The highest BCUT2D eigenvalue weighted by Gasteiger charge is 2.39. The first-order valence-electron chi connectivity index (χ1n) is 11.1. The molecule has 4 rings (SSSR count). The molecule has 37 heavy (non-hydrogen) atoms. The van der Waals surface area contributed by atoms with Gasteiger partial charge in [0.05, 0.1) is 21.2 Å². The summed E-state index contributed by atoms with van der Waals surface area (Å²) in [6, 6.07) is 12.7. The Morgan fingerprint density at radius 1 is 1.14 bits per heavy atom. The van der Waals surface area contributed by atoms with Crippen molar-refractivity contribution in [2.75, 3.05) is 20.1 Å². The zero-order valence-corrected chi connectivity index (χ0v) is 20.9. The fraction of sp³-hybridized carbons (Fsp3) is 0.269. The first-order chi connectivity index (χ1) is 17.5. The van der Waals surface area contributed by atoms with E-state index in [0.29, 0.717) is 34.3 Å². The predicted octanol–water partition coefficient (Wildman–Crippen LogP) is 6.16. The maximum atomic E-state index is 14.2. The van der Waals surface area contributed by atoms with Crippen LogP contribution >= 0.6 is 23.2 Å². The summed E-state index contributed by atoms with van der Waals surface area (Å²) in [5.41, 5.74) is 0.384. The van der Waals surface area contributed by atoms with Gasteiger partial charge in [-0.25, -0.2) is 9.37 Å². The molecular formula is C26H20Cl2F4N4O. The number of pyridine rings is 1. The number of hydrogen-bond donors (Lipinski definition) is 0. The maximum absolute atomic E-state index is 14.2. The number of carbonyl (C=O) groups excluding carboxylic acids is 1. The Kier molecular flexibility index (Phi) is 7.74. The second kappa shape index (κ2) is 10.7. The van der Waals surface area contributed by atoms with Crippen molar-refractivity contribution in [3.8, 4) is 6.07 Å². The number of nitrogens with zero attached hydrogens (tertiary/aromatic N) is 4. The number of nitriles is 1. The van der Waals surface area contributed by atoms with E-state index in [4.69, 9.17) is 28.5 Å². The quantitative estimate of drug-likeness (QED) is 0.357. The van der Waals surface area contributed by atoms with Crippen LogP contribution in [0.1, 0.15) is 38.7 Å². The van der Waals surface area contributed by atoms with Crippen molar-refractivity contribution in [1.29, 1.82) is 5.26 Å². The first kappa shape index (κ1) is 26.9. The topological polar surface area (TPSA) is 60.2 Å². The van der Waals surface area contributed by atoms with Crippen LogP contribution in [0.5, 0.6) is 0 Å². The number of alkyl halides is 3. The molecule has 3 aromatic rings. The van der Waals surface area contributed by atoms with Gasteiger partial charge in [-0.05, 0) is 54.6 Å². The van der Waals surface area contributed by atoms with E-state index in [0.717, 1.165) is 17.7 Å². The van der Waals surface area contributed by atoms with Crippen molar-refractivity contribution in [2.45, 2.75) is 24.7 Å². The number of hydrogen-bond acceptors (Lipinski definition) is 4. The summed E-state index contributed by atoms with van der Waals surface area (Å²) in [5.74, 6) is -1.83. The molecule has 1 aliphatic rings. The van der Waals surface area contributed by atoms with Crippen LogP contribution < -0.4 is 0 Å². The van der Waals surface area contributed by atoms with E-state index < -0.39 is 17.6 Å². The Morgan fingerprint density at radius 2 is 1.89 bits per heavy atom. The summed E-state index contributed by atoms with van der Waals surface area (Å²) in [5, 5.41) is 9.69. The molecule has 192 valence electrons. The monoisotopic (exact) mass is 550 g/mol. The molecule has 1 aromatic heterocycles. The lowest BCUT2D eigenvalue weighted by atomic mass is 9.93. The van der Waals surface area contributed by atoms with Crippen LogP contribution in [0, 0.1) is 17.1 Å². The number of halogens is 6. The Bertz CT molecular complexity index is 1360. The maximum Gasteiger partial charge on any atom is 0.419 e. The Labute approximate surface area is 220 Å². The van der Waals surface area contributed by atoms with Gasteiger partial charge in [0.2, 0.25) is 0 Å². The van der Waals surface area contributed by atoms with Crippen LogP contribution in [0.25, 0.3) is 0 Å². The molecule has 1 fully saturated rings. The van der Waals surface area contributed by atoms with E-state index in [1.807, 2.05) is 17.0 Å². The summed E-state index contributed by atoms with van der Waals surface area (Å²) >= 11 is 12.3. The lowest BCUT2D eigenvalue weighted by molar-refractivity contribution is -0.140. The number of aromatic nitrogens is 1. The van der Waals surface area contributed by atoms with Gasteiger partial charge in [-0.3, -0.25) is 9.69 Å². The Hall–Kier alpha value is -3.19. The van der Waals surface area contributed by atoms with Crippen molar-refractivity contribution < 1.29 is 22.4 Å². The first-order valence-corrected chi connectivity index (χ1v) is 11.9. The second-order valence-corrected chi connectivity index (χ2v) is 9.64. The van der Waals surface area contributed by atoms with E-state index in [1.54, 1.807) is 24.1 Å². The van der Waals surface area contributed by atoms with Crippen molar-refractivity contribution in [3.63, 3.8) is 0 Å². The summed E-state index contributed by atoms with van der Waals surface area (Å²) in [4.78, 5) is 20.7. The molecule has 1 saturated heterocycles. The molecule has 2 heterocycles. The fourth-order valence-corrected chi connectivity index (χ4v) is 4.84. The average Bonchev–Trinajstić information content (AvgIpc) is 3.30. The Balaban J connectivity index is 1.61. The molecule has 1 unspecified atom stereocenters. The van der Waals surface area contributed by atoms with Crippen LogP contribution in [0.2, 0.25) is 10.0 Å². The number of amides is 1. The van der Waals surface area contributed by atoms with Gasteiger partial charge in [0, 0.05) is 37.8 Å². The third-order valence-electron chi connectivity index (χ3n) is 6.41. The van der Waals surface area contributed by atoms with Crippen LogP contribution in [-0.2, 0) is 12.7 Å². The van der Waals surface area contributed by atoms with Gasteiger partial charge in [-0.1, -0.05) is 35.3 Å². The summed E-state index contributed by atoms with van der Waals surface area (Å²) in [6.45, 7) is 0.772. The SMILES string of the molecule is CN(Cc1ccc(C(F)(F)F)c(F)c1)C1CN(C(=O)c2ccc(C#N)nc2)C[C@@H]1c1ccc(Cl)c(Cl)c1. The molecule has 0 spiro atoms. The standard InChI is InChI=1S/C26H20Cl2F4N4O/c1-35(12-15-2-6-20(23(29)8-15)26(30,31)32)24-14-36(25(37)17-3-5-18(10-33)34-11-17)13-19(24)16-4-7-21(27)22(28)9-16/h2-9,11,19,24H,12-14H2,1H3/t19-,24?/m1/s1. The van der Waals surface area contributed by atoms with E-state index in [-0.39, 0.29) is 30.1 Å². The number of rotatable bonds is 5. The molecule has 0 N–H and O–H groups in total. The van der Waals surface area contributed by atoms with Crippen LogP contribution in [-0.4, -0.2) is 46.9 Å². The normalized spacial score (nSPS) is 17.8. The molecule has 1 aliphatic heterocycles. The van der Waals surface area contributed by atoms with Crippen LogP contribution in [0.15, 0.2) is 54.7 Å². The second-order valence-electron chi connectivity index (χ2n) is 8.83. The zero-order chi connectivity index (χ0) is 26.9. The van der Waals surface area contributed by atoms with Crippen LogP contribution in [0.3, 0.4) is 0 Å². The molecule has 2 aromatic carbocycles. The van der Waals surface area contributed by atoms with Gasteiger partial charge in [0.25, 0.3) is 5.91 Å². The molecule has 0 aliphatic carbocycles. The molecule has 1 amide bonds. The van der Waals surface area contributed by atoms with Crippen molar-refractivity contribution in [3.05, 3.63) is 98.5 Å². The molecule has 0 bridgehead atoms. The summed E-state index contributed by atoms with van der Waals surface area (Å²) < 4.78 is 53.0. The smallest absolute Gasteiger partial charge is 0.336 e. The van der Waals surface area contributed by atoms with Crippen molar-refractivity contribution >= 4 is 29.1 Å². The lowest BCUT2D eigenvalue weighted by Crippen LogP contribution is -2.38. The van der Waals surface area contributed by atoms with Gasteiger partial charge in [-0.15, -0.1) is 0 Å².